The molecule has 160 valence electrons. The number of pyridine rings is 2. The fourth-order valence-electron chi connectivity index (χ4n) is 3.53. The van der Waals surface area contributed by atoms with Gasteiger partial charge in [-0.1, -0.05) is 36.4 Å². The molecule has 0 bridgehead atoms. The molecule has 3 heterocycles. The molecule has 7 heteroatoms. The largest absolute Gasteiger partial charge is 0.381 e. The van der Waals surface area contributed by atoms with Gasteiger partial charge in [0.1, 0.15) is 12.1 Å². The third-order valence-electron chi connectivity index (χ3n) is 5.20. The van der Waals surface area contributed by atoms with Crippen molar-refractivity contribution in [3.63, 3.8) is 0 Å². The van der Waals surface area contributed by atoms with Crippen molar-refractivity contribution in [2.24, 2.45) is 0 Å². The average Bonchev–Trinajstić information content (AvgIpc) is 2.88. The number of hydrogen-bond acceptors (Lipinski definition) is 6. The van der Waals surface area contributed by atoms with Crippen molar-refractivity contribution in [1.82, 2.24) is 19.9 Å². The first-order chi connectivity index (χ1) is 16.3. The van der Waals surface area contributed by atoms with Crippen molar-refractivity contribution >= 4 is 28.3 Å². The maximum Gasteiger partial charge on any atom is 0.257 e. The summed E-state index contributed by atoms with van der Waals surface area (Å²) in [4.78, 5) is 29.9. The van der Waals surface area contributed by atoms with Crippen LogP contribution in [0, 0.1) is 0 Å². The Bertz CT molecular complexity index is 1400. The number of aromatic nitrogens is 4. The van der Waals surface area contributed by atoms with Gasteiger partial charge in [-0.2, -0.15) is 0 Å². The molecule has 7 nitrogen and oxygen atoms in total. The van der Waals surface area contributed by atoms with Crippen LogP contribution in [0.5, 0.6) is 0 Å². The highest BCUT2D eigenvalue weighted by molar-refractivity contribution is 6.12. The van der Waals surface area contributed by atoms with Gasteiger partial charge in [0, 0.05) is 47.8 Å². The second kappa shape index (κ2) is 9.23. The van der Waals surface area contributed by atoms with E-state index in [1.165, 1.54) is 6.33 Å². The summed E-state index contributed by atoms with van der Waals surface area (Å²) >= 11 is 0. The molecule has 5 rings (SSSR count). The lowest BCUT2D eigenvalue weighted by Crippen LogP contribution is -2.13. The minimum absolute atomic E-state index is 0.242. The highest BCUT2D eigenvalue weighted by atomic mass is 16.1. The van der Waals surface area contributed by atoms with Crippen molar-refractivity contribution in [3.05, 3.63) is 109 Å². The smallest absolute Gasteiger partial charge is 0.257 e. The van der Waals surface area contributed by atoms with E-state index in [1.807, 2.05) is 66.9 Å². The van der Waals surface area contributed by atoms with Gasteiger partial charge < -0.3 is 10.6 Å². The maximum absolute atomic E-state index is 12.9. The van der Waals surface area contributed by atoms with Crippen LogP contribution in [0.2, 0.25) is 0 Å². The molecule has 0 saturated heterocycles. The van der Waals surface area contributed by atoms with Gasteiger partial charge in [-0.25, -0.2) is 9.97 Å². The van der Waals surface area contributed by atoms with Gasteiger partial charge in [0.25, 0.3) is 5.91 Å². The summed E-state index contributed by atoms with van der Waals surface area (Å²) < 4.78 is 0. The molecule has 0 unspecified atom stereocenters. The van der Waals surface area contributed by atoms with E-state index in [0.29, 0.717) is 17.9 Å². The lowest BCUT2D eigenvalue weighted by molar-refractivity contribution is 0.102. The Hall–Kier alpha value is -4.65. The lowest BCUT2D eigenvalue weighted by Gasteiger charge is -2.09. The first-order valence-electron chi connectivity index (χ1n) is 10.5. The van der Waals surface area contributed by atoms with E-state index in [-0.39, 0.29) is 5.91 Å². The molecule has 0 aliphatic carbocycles. The lowest BCUT2D eigenvalue weighted by atomic mass is 10.1. The Morgan fingerprint density at radius 3 is 2.58 bits per heavy atom. The zero-order valence-electron chi connectivity index (χ0n) is 17.6. The molecule has 5 aromatic rings. The van der Waals surface area contributed by atoms with Crippen LogP contribution >= 0.6 is 0 Å². The summed E-state index contributed by atoms with van der Waals surface area (Å²) in [6.45, 7) is 0.695. The number of carbonyl (C=O) groups is 1. The maximum atomic E-state index is 12.9. The quantitative estimate of drug-likeness (QED) is 0.394. The van der Waals surface area contributed by atoms with Crippen molar-refractivity contribution < 1.29 is 4.79 Å². The van der Waals surface area contributed by atoms with Crippen molar-refractivity contribution in [1.29, 1.82) is 0 Å². The van der Waals surface area contributed by atoms with E-state index in [1.54, 1.807) is 24.5 Å². The Morgan fingerprint density at radius 1 is 0.848 bits per heavy atom. The topological polar surface area (TPSA) is 92.7 Å². The molecule has 0 spiro atoms. The van der Waals surface area contributed by atoms with Crippen LogP contribution in [0.1, 0.15) is 15.9 Å². The molecule has 0 atom stereocenters. The minimum atomic E-state index is -0.242. The SMILES string of the molecule is O=C(Nc1cc(-c2ccc(NCc3cccnc3)cc2)ncn1)c1ccnc2ccccc12. The summed E-state index contributed by atoms with van der Waals surface area (Å²) in [6, 6.07) is 22.9. The van der Waals surface area contributed by atoms with E-state index < -0.39 is 0 Å². The number of amides is 1. The fourth-order valence-corrected chi connectivity index (χ4v) is 3.53. The molecule has 1 amide bonds. The van der Waals surface area contributed by atoms with Crippen LogP contribution < -0.4 is 10.6 Å². The van der Waals surface area contributed by atoms with Gasteiger partial charge in [0.05, 0.1) is 16.8 Å². The number of para-hydroxylation sites is 1. The van der Waals surface area contributed by atoms with Crippen LogP contribution in [0.3, 0.4) is 0 Å². The molecule has 3 aromatic heterocycles. The van der Waals surface area contributed by atoms with Gasteiger partial charge in [-0.15, -0.1) is 0 Å². The van der Waals surface area contributed by atoms with Crippen LogP contribution in [0.15, 0.2) is 97.7 Å². The number of hydrogen-bond donors (Lipinski definition) is 2. The van der Waals surface area contributed by atoms with Crippen LogP contribution in [-0.2, 0) is 6.54 Å². The molecule has 0 aliphatic rings. The summed E-state index contributed by atoms with van der Waals surface area (Å²) in [5.41, 5.74) is 5.07. The second-order valence-corrected chi connectivity index (χ2v) is 7.41. The summed E-state index contributed by atoms with van der Waals surface area (Å²) in [5, 5.41) is 7.04. The number of nitrogens with one attached hydrogen (secondary N) is 2. The predicted molar refractivity (Wildman–Crippen MR) is 129 cm³/mol. The van der Waals surface area contributed by atoms with Gasteiger partial charge in [-0.05, 0) is 35.9 Å². The average molecular weight is 432 g/mol. The zero-order chi connectivity index (χ0) is 22.5. The van der Waals surface area contributed by atoms with Crippen LogP contribution in [0.4, 0.5) is 11.5 Å². The Balaban J connectivity index is 1.30. The molecule has 0 saturated carbocycles. The zero-order valence-corrected chi connectivity index (χ0v) is 17.6. The molecule has 0 aliphatic heterocycles. The third kappa shape index (κ3) is 4.67. The standard InChI is InChI=1S/C26H20N6O/c33-26(22-11-13-28-23-6-2-1-5-21(22)23)32-25-14-24(30-17-31-25)19-7-9-20(10-8-19)29-16-18-4-3-12-27-15-18/h1-15,17,29H,16H2,(H,30,31,32,33). The van der Waals surface area contributed by atoms with E-state index in [4.69, 9.17) is 0 Å². The van der Waals surface area contributed by atoms with Crippen LogP contribution in [-0.4, -0.2) is 25.8 Å². The number of benzene rings is 2. The molecule has 0 fully saturated rings. The Kier molecular flexibility index (Phi) is 5.67. The third-order valence-corrected chi connectivity index (χ3v) is 5.20. The number of carbonyl (C=O) groups excluding carboxylic acids is 1. The van der Waals surface area contributed by atoms with Gasteiger partial charge in [0.15, 0.2) is 0 Å². The highest BCUT2D eigenvalue weighted by Crippen LogP contribution is 2.22. The molecule has 2 aromatic carbocycles. The summed E-state index contributed by atoms with van der Waals surface area (Å²) in [6.07, 6.45) is 6.68. The second-order valence-electron chi connectivity index (χ2n) is 7.41. The first kappa shape index (κ1) is 20.3. The number of nitrogens with zero attached hydrogens (tertiary/aromatic N) is 4. The first-order valence-corrected chi connectivity index (χ1v) is 10.5. The summed E-state index contributed by atoms with van der Waals surface area (Å²) in [7, 11) is 0. The summed E-state index contributed by atoms with van der Waals surface area (Å²) in [5.74, 6) is 0.192. The van der Waals surface area contributed by atoms with E-state index in [2.05, 4.69) is 30.6 Å². The fraction of sp³-hybridized carbons (Fsp3) is 0.0385. The predicted octanol–water partition coefficient (Wildman–Crippen LogP) is 4.95. The molecule has 33 heavy (non-hydrogen) atoms. The molecular weight excluding hydrogens is 412 g/mol. The van der Waals surface area contributed by atoms with Crippen molar-refractivity contribution in [3.8, 4) is 11.3 Å². The monoisotopic (exact) mass is 432 g/mol. The number of rotatable bonds is 6. The van der Waals surface area contributed by atoms with Gasteiger partial charge in [0.2, 0.25) is 0 Å². The molecular formula is C26H20N6O. The normalized spacial score (nSPS) is 10.7. The van der Waals surface area contributed by atoms with Gasteiger partial charge in [-0.3, -0.25) is 14.8 Å². The molecule has 2 N–H and O–H groups in total. The number of anilines is 2. The van der Waals surface area contributed by atoms with Crippen LogP contribution in [0.25, 0.3) is 22.2 Å². The Morgan fingerprint density at radius 2 is 1.73 bits per heavy atom. The molecule has 0 radical (unpaired) electrons. The van der Waals surface area contributed by atoms with E-state index in [0.717, 1.165) is 33.4 Å². The number of fused-ring (bicyclic) bond motifs is 1. The highest BCUT2D eigenvalue weighted by Gasteiger charge is 2.12. The minimum Gasteiger partial charge on any atom is -0.381 e. The van der Waals surface area contributed by atoms with E-state index in [9.17, 15) is 4.79 Å². The van der Waals surface area contributed by atoms with Crippen molar-refractivity contribution in [2.75, 3.05) is 10.6 Å². The van der Waals surface area contributed by atoms with Gasteiger partial charge >= 0.3 is 0 Å². The Labute approximate surface area is 190 Å². The van der Waals surface area contributed by atoms with Crippen molar-refractivity contribution in [2.45, 2.75) is 6.54 Å². The van der Waals surface area contributed by atoms with E-state index >= 15 is 0 Å².